The Hall–Kier alpha value is -3.23. The van der Waals surface area contributed by atoms with Crippen LogP contribution in [0.3, 0.4) is 0 Å². The van der Waals surface area contributed by atoms with Crippen molar-refractivity contribution in [3.63, 3.8) is 0 Å². The summed E-state index contributed by atoms with van der Waals surface area (Å²) in [7, 11) is 0. The molecule has 0 fully saturated rings. The van der Waals surface area contributed by atoms with Gasteiger partial charge in [0, 0.05) is 4.88 Å². The predicted octanol–water partition coefficient (Wildman–Crippen LogP) is 5.16. The molecule has 3 aromatic heterocycles. The van der Waals surface area contributed by atoms with Crippen molar-refractivity contribution in [2.45, 2.75) is 24.4 Å². The Morgan fingerprint density at radius 1 is 1.03 bits per heavy atom. The van der Waals surface area contributed by atoms with Crippen LogP contribution in [0.4, 0.5) is 0 Å². The third kappa shape index (κ3) is 4.17. The van der Waals surface area contributed by atoms with Gasteiger partial charge in [-0.3, -0.25) is 9.36 Å². The van der Waals surface area contributed by atoms with Crippen molar-refractivity contribution in [1.82, 2.24) is 19.7 Å². The van der Waals surface area contributed by atoms with E-state index >= 15 is 0 Å². The molecule has 0 atom stereocenters. The minimum absolute atomic E-state index is 0.0368. The van der Waals surface area contributed by atoms with Crippen LogP contribution < -0.4 is 5.56 Å². The standard InChI is InChI=1S/C23H18N4O2S2/c1-15-24-20(29-26-15)14-30-23-25-18-12-19(17-10-6-3-7-11-17)31-21(18)22(28)27(23)13-16-8-4-2-5-9-16/h2-12H,13-14H2,1H3. The van der Waals surface area contributed by atoms with Gasteiger partial charge < -0.3 is 4.52 Å². The first-order chi connectivity index (χ1) is 15.2. The molecule has 3 heterocycles. The van der Waals surface area contributed by atoms with E-state index in [0.717, 1.165) is 16.0 Å². The van der Waals surface area contributed by atoms with Gasteiger partial charge in [0.25, 0.3) is 5.56 Å². The first-order valence-corrected chi connectivity index (χ1v) is 11.5. The number of thioether (sulfide) groups is 1. The molecule has 5 aromatic rings. The van der Waals surface area contributed by atoms with E-state index in [2.05, 4.69) is 10.1 Å². The summed E-state index contributed by atoms with van der Waals surface area (Å²) in [6.07, 6.45) is 0. The van der Waals surface area contributed by atoms with Crippen molar-refractivity contribution in [3.8, 4) is 10.4 Å². The van der Waals surface area contributed by atoms with Crippen molar-refractivity contribution in [1.29, 1.82) is 0 Å². The lowest BCUT2D eigenvalue weighted by atomic mass is 10.2. The van der Waals surface area contributed by atoms with Gasteiger partial charge in [-0.2, -0.15) is 4.98 Å². The van der Waals surface area contributed by atoms with Crippen LogP contribution in [0.25, 0.3) is 20.7 Å². The second kappa shape index (κ2) is 8.49. The molecular weight excluding hydrogens is 428 g/mol. The summed E-state index contributed by atoms with van der Waals surface area (Å²) in [6, 6.07) is 22.0. The lowest BCUT2D eigenvalue weighted by Crippen LogP contribution is -2.23. The van der Waals surface area contributed by atoms with Gasteiger partial charge in [0.1, 0.15) is 4.70 Å². The first-order valence-electron chi connectivity index (χ1n) is 9.73. The Balaban J connectivity index is 1.59. The van der Waals surface area contributed by atoms with Gasteiger partial charge in [0.2, 0.25) is 5.89 Å². The van der Waals surface area contributed by atoms with Gasteiger partial charge in [-0.15, -0.1) is 11.3 Å². The number of thiophene rings is 1. The molecule has 0 N–H and O–H groups in total. The average molecular weight is 447 g/mol. The molecule has 0 saturated heterocycles. The molecule has 0 aliphatic carbocycles. The van der Waals surface area contributed by atoms with Crippen molar-refractivity contribution < 1.29 is 4.52 Å². The Morgan fingerprint density at radius 2 is 1.77 bits per heavy atom. The van der Waals surface area contributed by atoms with E-state index in [0.29, 0.717) is 39.4 Å². The third-order valence-corrected chi connectivity index (χ3v) is 6.86. The summed E-state index contributed by atoms with van der Waals surface area (Å²) in [5.41, 5.74) is 2.80. The van der Waals surface area contributed by atoms with Crippen LogP contribution in [0.15, 0.2) is 81.2 Å². The lowest BCUT2D eigenvalue weighted by molar-refractivity contribution is 0.387. The number of aryl methyl sites for hydroxylation is 1. The second-order valence-corrected chi connectivity index (χ2v) is 8.98. The molecule has 2 aromatic carbocycles. The lowest BCUT2D eigenvalue weighted by Gasteiger charge is -2.11. The fourth-order valence-corrected chi connectivity index (χ4v) is 5.16. The Kier molecular flexibility index (Phi) is 5.40. The summed E-state index contributed by atoms with van der Waals surface area (Å²) >= 11 is 2.91. The summed E-state index contributed by atoms with van der Waals surface area (Å²) < 4.78 is 7.62. The highest BCUT2D eigenvalue weighted by Crippen LogP contribution is 2.32. The van der Waals surface area contributed by atoms with E-state index in [1.807, 2.05) is 66.7 Å². The second-order valence-electron chi connectivity index (χ2n) is 6.99. The molecule has 5 rings (SSSR count). The summed E-state index contributed by atoms with van der Waals surface area (Å²) in [5.74, 6) is 1.55. The van der Waals surface area contributed by atoms with Crippen molar-refractivity contribution in [3.05, 3.63) is 94.4 Å². The molecule has 0 radical (unpaired) electrons. The number of hydrogen-bond donors (Lipinski definition) is 0. The van der Waals surface area contributed by atoms with Crippen LogP contribution in [0.2, 0.25) is 0 Å². The van der Waals surface area contributed by atoms with Gasteiger partial charge in [-0.05, 0) is 24.1 Å². The molecule has 31 heavy (non-hydrogen) atoms. The maximum absolute atomic E-state index is 13.5. The minimum Gasteiger partial charge on any atom is -0.338 e. The Bertz CT molecular complexity index is 1390. The fraction of sp³-hybridized carbons (Fsp3) is 0.130. The number of hydrogen-bond acceptors (Lipinski definition) is 7. The van der Waals surface area contributed by atoms with Gasteiger partial charge in [0.05, 0.1) is 17.8 Å². The Morgan fingerprint density at radius 3 is 2.48 bits per heavy atom. The first kappa shape index (κ1) is 19.7. The zero-order valence-corrected chi connectivity index (χ0v) is 18.3. The fourth-order valence-electron chi connectivity index (χ4n) is 3.28. The van der Waals surface area contributed by atoms with E-state index in [1.54, 1.807) is 11.5 Å². The summed E-state index contributed by atoms with van der Waals surface area (Å²) in [6.45, 7) is 2.23. The largest absolute Gasteiger partial charge is 0.338 e. The van der Waals surface area contributed by atoms with E-state index in [4.69, 9.17) is 9.51 Å². The number of aromatic nitrogens is 4. The summed E-state index contributed by atoms with van der Waals surface area (Å²) in [4.78, 5) is 23.6. The molecule has 0 bridgehead atoms. The highest BCUT2D eigenvalue weighted by molar-refractivity contribution is 7.98. The van der Waals surface area contributed by atoms with E-state index in [-0.39, 0.29) is 5.56 Å². The van der Waals surface area contributed by atoms with Crippen LogP contribution in [0.5, 0.6) is 0 Å². The molecule has 0 aliphatic rings. The minimum atomic E-state index is -0.0368. The predicted molar refractivity (Wildman–Crippen MR) is 123 cm³/mol. The third-order valence-electron chi connectivity index (χ3n) is 4.74. The topological polar surface area (TPSA) is 73.8 Å². The van der Waals surface area contributed by atoms with E-state index < -0.39 is 0 Å². The molecule has 0 aliphatic heterocycles. The number of nitrogens with zero attached hydrogens (tertiary/aromatic N) is 4. The highest BCUT2D eigenvalue weighted by atomic mass is 32.2. The number of rotatable bonds is 6. The zero-order valence-electron chi connectivity index (χ0n) is 16.7. The molecule has 0 saturated carbocycles. The van der Waals surface area contributed by atoms with E-state index in [1.165, 1.54) is 23.1 Å². The quantitative estimate of drug-likeness (QED) is 0.265. The molecule has 0 spiro atoms. The number of fused-ring (bicyclic) bond motifs is 1. The number of benzene rings is 2. The smallest absolute Gasteiger partial charge is 0.272 e. The van der Waals surface area contributed by atoms with Crippen LogP contribution in [0, 0.1) is 6.92 Å². The molecule has 0 unspecified atom stereocenters. The molecule has 154 valence electrons. The van der Waals surface area contributed by atoms with Crippen LogP contribution in [-0.4, -0.2) is 19.7 Å². The molecule has 6 nitrogen and oxygen atoms in total. The average Bonchev–Trinajstić information content (AvgIpc) is 3.42. The zero-order chi connectivity index (χ0) is 21.2. The molecule has 8 heteroatoms. The highest BCUT2D eigenvalue weighted by Gasteiger charge is 2.17. The van der Waals surface area contributed by atoms with Gasteiger partial charge >= 0.3 is 0 Å². The van der Waals surface area contributed by atoms with Gasteiger partial charge in [-0.1, -0.05) is 77.6 Å². The van der Waals surface area contributed by atoms with E-state index in [9.17, 15) is 4.79 Å². The van der Waals surface area contributed by atoms with Gasteiger partial charge in [0.15, 0.2) is 11.0 Å². The van der Waals surface area contributed by atoms with Crippen LogP contribution in [-0.2, 0) is 12.3 Å². The summed E-state index contributed by atoms with van der Waals surface area (Å²) in [5, 5.41) is 4.47. The monoisotopic (exact) mass is 446 g/mol. The van der Waals surface area contributed by atoms with Crippen molar-refractivity contribution in [2.24, 2.45) is 0 Å². The van der Waals surface area contributed by atoms with Crippen molar-refractivity contribution >= 4 is 33.3 Å². The Labute approximate surface area is 186 Å². The normalized spacial score (nSPS) is 11.3. The van der Waals surface area contributed by atoms with Gasteiger partial charge in [-0.25, -0.2) is 4.98 Å². The SMILES string of the molecule is Cc1noc(CSc2nc3cc(-c4ccccc4)sc3c(=O)n2Cc2ccccc2)n1. The molecule has 0 amide bonds. The maximum Gasteiger partial charge on any atom is 0.272 e. The van der Waals surface area contributed by atoms with Crippen LogP contribution in [0.1, 0.15) is 17.3 Å². The maximum atomic E-state index is 13.5. The van der Waals surface area contributed by atoms with Crippen molar-refractivity contribution in [2.75, 3.05) is 0 Å². The molecular formula is C23H18N4O2S2. The van der Waals surface area contributed by atoms with Crippen LogP contribution >= 0.6 is 23.1 Å².